The maximum absolute atomic E-state index is 14.7. The van der Waals surface area contributed by atoms with Crippen LogP contribution in [0.15, 0.2) is 24.3 Å². The summed E-state index contributed by atoms with van der Waals surface area (Å²) in [5.41, 5.74) is 0. The Morgan fingerprint density at radius 1 is 1.38 bits per heavy atom. The van der Waals surface area contributed by atoms with Crippen LogP contribution in [0.3, 0.4) is 0 Å². The lowest BCUT2D eigenvalue weighted by Crippen LogP contribution is -3.19. The van der Waals surface area contributed by atoms with E-state index in [1.807, 2.05) is 18.2 Å². The van der Waals surface area contributed by atoms with Gasteiger partial charge in [-0.25, -0.2) is 0 Å². The molecule has 1 rings (SSSR count). The molecule has 0 aromatic carbocycles. The zero-order valence-electron chi connectivity index (χ0n) is 10.8. The van der Waals surface area contributed by atoms with Crippen molar-refractivity contribution in [2.75, 3.05) is 13.1 Å². The highest BCUT2D eigenvalue weighted by Crippen LogP contribution is 2.16. The molecule has 0 spiro atoms. The number of alkyl halides is 1. The minimum atomic E-state index is -1.18. The summed E-state index contributed by atoms with van der Waals surface area (Å²) in [5.74, 6) is -0.572. The Morgan fingerprint density at radius 3 is 2.62 bits per heavy atom. The molecular weight excluding hydrogens is 201 g/mol. The predicted octanol–water partition coefficient (Wildman–Crippen LogP) is 2.51. The van der Waals surface area contributed by atoms with E-state index in [1.54, 1.807) is 6.08 Å². The van der Waals surface area contributed by atoms with Crippen LogP contribution in [0.25, 0.3) is 0 Å². The largest absolute Gasteiger partial charge is 0.300 e. The first-order valence-corrected chi connectivity index (χ1v) is 6.50. The Labute approximate surface area is 99.0 Å². The zero-order valence-corrected chi connectivity index (χ0v) is 10.8. The van der Waals surface area contributed by atoms with E-state index in [2.05, 4.69) is 20.8 Å². The standard InChI is InChI=1S/C14H24FN/c1-4-9-13(3)12-16(5-2)14(15)10-7-6-8-11-14/h6-8,10,13H,4-5,9,11-12H2,1-3H3/p+1. The molecule has 0 bridgehead atoms. The van der Waals surface area contributed by atoms with E-state index in [9.17, 15) is 4.39 Å². The van der Waals surface area contributed by atoms with Crippen LogP contribution in [0, 0.1) is 5.92 Å². The van der Waals surface area contributed by atoms with E-state index in [0.717, 1.165) is 18.0 Å². The van der Waals surface area contributed by atoms with Gasteiger partial charge in [-0.1, -0.05) is 38.5 Å². The van der Waals surface area contributed by atoms with Crippen molar-refractivity contribution in [3.63, 3.8) is 0 Å². The van der Waals surface area contributed by atoms with Gasteiger partial charge in [0, 0.05) is 12.0 Å². The Hall–Kier alpha value is -0.630. The molecule has 1 nitrogen and oxygen atoms in total. The molecule has 0 saturated heterocycles. The molecule has 1 aliphatic rings. The van der Waals surface area contributed by atoms with Crippen molar-refractivity contribution in [2.24, 2.45) is 5.92 Å². The highest BCUT2D eigenvalue weighted by molar-refractivity contribution is 5.14. The lowest BCUT2D eigenvalue weighted by molar-refractivity contribution is -0.963. The smallest absolute Gasteiger partial charge is 0.263 e. The molecule has 0 aromatic heterocycles. The molecule has 0 aromatic rings. The summed E-state index contributed by atoms with van der Waals surface area (Å²) in [5, 5.41) is 0. The second-order valence-corrected chi connectivity index (χ2v) is 4.91. The Bertz CT molecular complexity index is 259. The number of allylic oxidation sites excluding steroid dienone is 2. The maximum atomic E-state index is 14.7. The third-order valence-corrected chi connectivity index (χ3v) is 3.41. The number of quaternary nitrogens is 1. The van der Waals surface area contributed by atoms with Crippen LogP contribution in [0.2, 0.25) is 0 Å². The van der Waals surface area contributed by atoms with E-state index in [-0.39, 0.29) is 0 Å². The summed E-state index contributed by atoms with van der Waals surface area (Å²) < 4.78 is 14.7. The first kappa shape index (κ1) is 13.4. The van der Waals surface area contributed by atoms with E-state index >= 15 is 0 Å². The second-order valence-electron chi connectivity index (χ2n) is 4.91. The summed E-state index contributed by atoms with van der Waals surface area (Å²) in [4.78, 5) is 1.06. The van der Waals surface area contributed by atoms with Gasteiger partial charge in [0.15, 0.2) is 0 Å². The van der Waals surface area contributed by atoms with Gasteiger partial charge in [0.1, 0.15) is 0 Å². The zero-order chi connectivity index (χ0) is 12.0. The molecular formula is C14H25FN+. The number of nitrogens with one attached hydrogen (secondary N) is 1. The van der Waals surface area contributed by atoms with Crippen LogP contribution < -0.4 is 4.90 Å². The van der Waals surface area contributed by atoms with Crippen molar-refractivity contribution < 1.29 is 9.29 Å². The van der Waals surface area contributed by atoms with Crippen LogP contribution in [0.5, 0.6) is 0 Å². The third kappa shape index (κ3) is 3.44. The average Bonchev–Trinajstić information content (AvgIpc) is 2.27. The summed E-state index contributed by atoms with van der Waals surface area (Å²) in [7, 11) is 0. The quantitative estimate of drug-likeness (QED) is 0.664. The van der Waals surface area contributed by atoms with Gasteiger partial charge in [0.25, 0.3) is 5.79 Å². The molecule has 2 heteroatoms. The van der Waals surface area contributed by atoms with Gasteiger partial charge in [-0.05, 0) is 13.3 Å². The summed E-state index contributed by atoms with van der Waals surface area (Å²) >= 11 is 0. The van der Waals surface area contributed by atoms with Crippen molar-refractivity contribution in [1.29, 1.82) is 0 Å². The van der Waals surface area contributed by atoms with Crippen LogP contribution >= 0.6 is 0 Å². The van der Waals surface area contributed by atoms with E-state index < -0.39 is 5.79 Å². The van der Waals surface area contributed by atoms with Crippen molar-refractivity contribution in [3.05, 3.63) is 24.3 Å². The van der Waals surface area contributed by atoms with Crippen LogP contribution in [-0.4, -0.2) is 18.9 Å². The molecule has 3 unspecified atom stereocenters. The number of likely N-dealkylation sites (N-methyl/N-ethyl adjacent to an activating group) is 1. The molecule has 3 atom stereocenters. The first-order valence-electron chi connectivity index (χ1n) is 6.50. The van der Waals surface area contributed by atoms with Crippen molar-refractivity contribution >= 4 is 0 Å². The molecule has 0 radical (unpaired) electrons. The molecule has 0 aliphatic heterocycles. The Morgan fingerprint density at radius 2 is 2.12 bits per heavy atom. The van der Waals surface area contributed by atoms with E-state index in [4.69, 9.17) is 0 Å². The van der Waals surface area contributed by atoms with E-state index in [1.165, 1.54) is 12.8 Å². The fraction of sp³-hybridized carbons (Fsp3) is 0.714. The Balaban J connectivity index is 2.59. The van der Waals surface area contributed by atoms with Gasteiger partial charge in [0.05, 0.1) is 19.5 Å². The van der Waals surface area contributed by atoms with Crippen LogP contribution in [0.1, 0.15) is 40.0 Å². The van der Waals surface area contributed by atoms with Gasteiger partial charge in [-0.2, -0.15) is 4.39 Å². The van der Waals surface area contributed by atoms with Gasteiger partial charge in [0.2, 0.25) is 0 Å². The fourth-order valence-corrected chi connectivity index (χ4v) is 2.48. The van der Waals surface area contributed by atoms with Gasteiger partial charge in [-0.15, -0.1) is 0 Å². The SMILES string of the molecule is CCCC(C)C[NH+](CC)C1(F)C=CC=CC1. The number of rotatable bonds is 6. The molecule has 0 heterocycles. The minimum Gasteiger partial charge on any atom is -0.300 e. The molecule has 16 heavy (non-hydrogen) atoms. The molecule has 92 valence electrons. The van der Waals surface area contributed by atoms with Crippen LogP contribution in [0.4, 0.5) is 4.39 Å². The molecule has 0 saturated carbocycles. The van der Waals surface area contributed by atoms with Crippen molar-refractivity contribution in [2.45, 2.75) is 45.8 Å². The summed E-state index contributed by atoms with van der Waals surface area (Å²) in [6, 6.07) is 0. The monoisotopic (exact) mass is 226 g/mol. The van der Waals surface area contributed by atoms with Gasteiger partial charge in [-0.3, -0.25) is 4.90 Å². The first-order chi connectivity index (χ1) is 7.62. The number of halogens is 1. The lowest BCUT2D eigenvalue weighted by atomic mass is 10.00. The topological polar surface area (TPSA) is 4.44 Å². The van der Waals surface area contributed by atoms with Gasteiger partial charge >= 0.3 is 0 Å². The Kier molecular flexibility index (Phi) is 5.20. The highest BCUT2D eigenvalue weighted by atomic mass is 19.1. The summed E-state index contributed by atoms with van der Waals surface area (Å²) in [6.07, 6.45) is 10.3. The highest BCUT2D eigenvalue weighted by Gasteiger charge is 2.37. The van der Waals surface area contributed by atoms with Gasteiger partial charge < -0.3 is 0 Å². The number of hydrogen-bond donors (Lipinski definition) is 1. The predicted molar refractivity (Wildman–Crippen MR) is 67.2 cm³/mol. The fourth-order valence-electron chi connectivity index (χ4n) is 2.48. The minimum absolute atomic E-state index is 0.519. The van der Waals surface area contributed by atoms with E-state index in [0.29, 0.717) is 12.3 Å². The van der Waals surface area contributed by atoms with Crippen LogP contribution in [-0.2, 0) is 0 Å². The third-order valence-electron chi connectivity index (χ3n) is 3.41. The molecule has 1 N–H and O–H groups in total. The average molecular weight is 226 g/mol. The molecule has 0 amide bonds. The summed E-state index contributed by atoms with van der Waals surface area (Å²) in [6.45, 7) is 8.27. The second kappa shape index (κ2) is 6.19. The molecule has 1 aliphatic carbocycles. The van der Waals surface area contributed by atoms with Crippen molar-refractivity contribution in [1.82, 2.24) is 0 Å². The normalized spacial score (nSPS) is 28.0. The lowest BCUT2D eigenvalue weighted by Gasteiger charge is -2.33. The number of hydrogen-bond acceptors (Lipinski definition) is 0. The molecule has 0 fully saturated rings. The van der Waals surface area contributed by atoms with Crippen molar-refractivity contribution in [3.8, 4) is 0 Å². The maximum Gasteiger partial charge on any atom is 0.263 e.